The monoisotopic (exact) mass is 552 g/mol. The highest BCUT2D eigenvalue weighted by atomic mass is 16.4. The van der Waals surface area contributed by atoms with Crippen LogP contribution < -0.4 is 10.6 Å². The molecule has 0 aliphatic carbocycles. The van der Waals surface area contributed by atoms with Crippen LogP contribution in [0.2, 0.25) is 0 Å². The molecule has 1 aliphatic rings. The maximum Gasteiger partial charge on any atom is 0.339 e. The van der Waals surface area contributed by atoms with Crippen molar-refractivity contribution in [3.05, 3.63) is 77.6 Å². The van der Waals surface area contributed by atoms with Crippen molar-refractivity contribution in [3.8, 4) is 11.5 Å². The smallest absolute Gasteiger partial charge is 0.339 e. The van der Waals surface area contributed by atoms with E-state index in [1.165, 1.54) is 75.2 Å². The van der Waals surface area contributed by atoms with Gasteiger partial charge in [-0.2, -0.15) is 0 Å². The molecule has 1 unspecified atom stereocenters. The molecular formula is C28H32N4O8. The van der Waals surface area contributed by atoms with Crippen LogP contribution in [-0.4, -0.2) is 67.7 Å². The summed E-state index contributed by atoms with van der Waals surface area (Å²) in [6.45, 7) is 3.86. The molecule has 2 heterocycles. The van der Waals surface area contributed by atoms with Gasteiger partial charge in [0, 0.05) is 55.8 Å². The number of rotatable bonds is 5. The average molecular weight is 553 g/mol. The zero-order chi connectivity index (χ0) is 29.8. The zero-order valence-electron chi connectivity index (χ0n) is 22.3. The van der Waals surface area contributed by atoms with E-state index >= 15 is 0 Å². The van der Waals surface area contributed by atoms with Gasteiger partial charge < -0.3 is 31.1 Å². The Balaban J connectivity index is 0.000000211. The number of phenols is 2. The van der Waals surface area contributed by atoms with Gasteiger partial charge in [-0.25, -0.2) is 9.59 Å². The minimum atomic E-state index is -1.21. The van der Waals surface area contributed by atoms with Crippen molar-refractivity contribution in [1.29, 1.82) is 0 Å². The van der Waals surface area contributed by atoms with Crippen molar-refractivity contribution in [2.45, 2.75) is 32.7 Å². The number of carbonyl (C=O) groups excluding carboxylic acids is 2. The second kappa shape index (κ2) is 14.8. The van der Waals surface area contributed by atoms with Crippen LogP contribution in [0.25, 0.3) is 0 Å². The fourth-order valence-corrected chi connectivity index (χ4v) is 3.89. The predicted molar refractivity (Wildman–Crippen MR) is 148 cm³/mol. The topological polar surface area (TPSA) is 189 Å². The number of hydrogen-bond donors (Lipinski definition) is 6. The Morgan fingerprint density at radius 2 is 1.35 bits per heavy atom. The van der Waals surface area contributed by atoms with Crippen LogP contribution >= 0.6 is 0 Å². The molecule has 212 valence electrons. The van der Waals surface area contributed by atoms with E-state index in [-0.39, 0.29) is 34.4 Å². The number of nitrogens with one attached hydrogen (secondary N) is 2. The summed E-state index contributed by atoms with van der Waals surface area (Å²) in [5.74, 6) is -3.73. The Morgan fingerprint density at radius 3 is 1.68 bits per heavy atom. The van der Waals surface area contributed by atoms with Crippen LogP contribution in [-0.2, 0) is 9.59 Å². The largest absolute Gasteiger partial charge is 0.507 e. The van der Waals surface area contributed by atoms with E-state index in [2.05, 4.69) is 33.6 Å². The highest BCUT2D eigenvalue weighted by Crippen LogP contribution is 2.29. The second-order valence-corrected chi connectivity index (χ2v) is 8.86. The van der Waals surface area contributed by atoms with Gasteiger partial charge in [0.1, 0.15) is 22.6 Å². The van der Waals surface area contributed by atoms with E-state index in [0.717, 1.165) is 0 Å². The average Bonchev–Trinajstić information content (AvgIpc) is 3.30. The van der Waals surface area contributed by atoms with Gasteiger partial charge in [-0.15, -0.1) is 0 Å². The number of likely N-dealkylation sites (tertiary alicyclic amines) is 1. The lowest BCUT2D eigenvalue weighted by atomic mass is 10.1. The number of anilines is 2. The third-order valence-corrected chi connectivity index (χ3v) is 5.69. The molecule has 1 aromatic heterocycles. The Bertz CT molecular complexity index is 1270. The van der Waals surface area contributed by atoms with E-state index in [0.29, 0.717) is 17.4 Å². The minimum Gasteiger partial charge on any atom is -0.507 e. The maximum absolute atomic E-state index is 10.6. The molecule has 1 aliphatic heterocycles. The van der Waals surface area contributed by atoms with Gasteiger partial charge in [0.25, 0.3) is 0 Å². The van der Waals surface area contributed by atoms with Crippen LogP contribution in [0, 0.1) is 0 Å². The first-order valence-electron chi connectivity index (χ1n) is 12.2. The van der Waals surface area contributed by atoms with Gasteiger partial charge in [0.2, 0.25) is 11.8 Å². The number of aromatic nitrogens is 1. The molecule has 6 N–H and O–H groups in total. The number of hydrogen-bond acceptors (Lipinski definition) is 8. The summed E-state index contributed by atoms with van der Waals surface area (Å²) in [4.78, 5) is 48.8. The van der Waals surface area contributed by atoms with Gasteiger partial charge in [-0.1, -0.05) is 6.07 Å². The number of aromatic carboxylic acids is 2. The summed E-state index contributed by atoms with van der Waals surface area (Å²) in [5, 5.41) is 40.5. The number of nitrogens with zero attached hydrogens (tertiary/aromatic N) is 2. The molecular weight excluding hydrogens is 520 g/mol. The van der Waals surface area contributed by atoms with Crippen molar-refractivity contribution in [2.75, 3.05) is 24.2 Å². The van der Waals surface area contributed by atoms with Crippen LogP contribution in [0.5, 0.6) is 11.5 Å². The molecule has 1 saturated heterocycles. The predicted octanol–water partition coefficient (Wildman–Crippen LogP) is 3.95. The normalized spacial score (nSPS) is 14.0. The van der Waals surface area contributed by atoms with E-state index in [4.69, 9.17) is 10.2 Å². The van der Waals surface area contributed by atoms with Crippen molar-refractivity contribution >= 4 is 35.1 Å². The van der Waals surface area contributed by atoms with Gasteiger partial charge in [0.15, 0.2) is 0 Å². The molecule has 1 atom stereocenters. The summed E-state index contributed by atoms with van der Waals surface area (Å²) in [7, 11) is 2.19. The number of pyridine rings is 1. The summed E-state index contributed by atoms with van der Waals surface area (Å²) < 4.78 is 0. The maximum atomic E-state index is 10.6. The number of benzene rings is 2. The summed E-state index contributed by atoms with van der Waals surface area (Å²) in [6, 6.07) is 12.4. The Labute approximate surface area is 230 Å². The highest BCUT2D eigenvalue weighted by molar-refractivity contribution is 5.94. The molecule has 12 nitrogen and oxygen atoms in total. The molecule has 4 rings (SSSR count). The third-order valence-electron chi connectivity index (χ3n) is 5.69. The molecule has 2 aromatic carbocycles. The fourth-order valence-electron chi connectivity index (χ4n) is 3.89. The number of aromatic hydroxyl groups is 2. The molecule has 12 heteroatoms. The lowest BCUT2D eigenvalue weighted by Gasteiger charge is -2.18. The van der Waals surface area contributed by atoms with Crippen LogP contribution in [0.3, 0.4) is 0 Å². The Kier molecular flexibility index (Phi) is 11.6. The van der Waals surface area contributed by atoms with Crippen LogP contribution in [0.15, 0.2) is 60.9 Å². The van der Waals surface area contributed by atoms with Gasteiger partial charge in [-0.3, -0.25) is 19.5 Å². The first-order chi connectivity index (χ1) is 18.9. The molecule has 0 spiro atoms. The summed E-state index contributed by atoms with van der Waals surface area (Å²) in [5.41, 5.74) is 1.69. The van der Waals surface area contributed by atoms with Gasteiger partial charge in [0.05, 0.1) is 0 Å². The molecule has 0 radical (unpaired) electrons. The summed E-state index contributed by atoms with van der Waals surface area (Å²) >= 11 is 0. The quantitative estimate of drug-likeness (QED) is 0.270. The first kappa shape index (κ1) is 31.2. The molecule has 3 aromatic rings. The zero-order valence-corrected chi connectivity index (χ0v) is 22.3. The van der Waals surface area contributed by atoms with Crippen LogP contribution in [0.4, 0.5) is 11.4 Å². The van der Waals surface area contributed by atoms with Gasteiger partial charge in [-0.05, 0) is 62.3 Å². The van der Waals surface area contributed by atoms with Crippen molar-refractivity contribution < 1.29 is 39.6 Å². The highest BCUT2D eigenvalue weighted by Gasteiger charge is 2.22. The first-order valence-corrected chi connectivity index (χ1v) is 12.2. The Hall–Kier alpha value is -4.97. The molecule has 2 amide bonds. The molecule has 1 fully saturated rings. The number of amides is 2. The molecule has 40 heavy (non-hydrogen) atoms. The standard InChI is InChI=1S/C10H14N2.2C9H9NO4/c1-12-7-3-5-10(12)9-4-2-6-11-8-9;2*1-5(11)10-6-2-3-7(9(13)14)8(12)4-6/h2,4,6,8,10H,3,5,7H2,1H3;2*2-4,12H,1H3,(H,10,11)(H,13,14). The number of carbonyl (C=O) groups is 4. The third kappa shape index (κ3) is 9.72. The van der Waals surface area contributed by atoms with E-state index in [1.54, 1.807) is 0 Å². The lowest BCUT2D eigenvalue weighted by molar-refractivity contribution is -0.115. The van der Waals surface area contributed by atoms with Crippen LogP contribution in [0.1, 0.15) is 59.0 Å². The number of carboxylic acids is 2. The van der Waals surface area contributed by atoms with E-state index < -0.39 is 11.9 Å². The molecule has 0 bridgehead atoms. The van der Waals surface area contributed by atoms with Crippen molar-refractivity contribution in [1.82, 2.24) is 9.88 Å². The van der Waals surface area contributed by atoms with Crippen molar-refractivity contribution in [2.24, 2.45) is 0 Å². The van der Waals surface area contributed by atoms with E-state index in [9.17, 15) is 29.4 Å². The van der Waals surface area contributed by atoms with E-state index in [1.807, 2.05) is 18.5 Å². The second-order valence-electron chi connectivity index (χ2n) is 8.86. The molecule has 0 saturated carbocycles. The Morgan fingerprint density at radius 1 is 0.850 bits per heavy atom. The number of carboxylic acid groups (broad SMARTS) is 2. The SMILES string of the molecule is CC(=O)Nc1ccc(C(=O)O)c(O)c1.CC(=O)Nc1ccc(C(=O)O)c(O)c1.CN1CCCC1c1cccnc1. The van der Waals surface area contributed by atoms with Gasteiger partial charge >= 0.3 is 11.9 Å². The van der Waals surface area contributed by atoms with Crippen molar-refractivity contribution in [3.63, 3.8) is 0 Å². The minimum absolute atomic E-state index is 0.195. The lowest BCUT2D eigenvalue weighted by Crippen LogP contribution is -2.17. The fraction of sp³-hybridized carbons (Fsp3) is 0.250. The summed E-state index contributed by atoms with van der Waals surface area (Å²) in [6.07, 6.45) is 6.41.